The molecule has 0 heterocycles. The van der Waals surface area contributed by atoms with Gasteiger partial charge in [-0.15, -0.1) is 0 Å². The lowest BCUT2D eigenvalue weighted by atomic mass is 10.2. The number of rotatable bonds is 4. The second-order valence-corrected chi connectivity index (χ2v) is 10.2. The fraction of sp³-hybridized carbons (Fsp3) is 0.250. The lowest BCUT2D eigenvalue weighted by molar-refractivity contribution is 0.511. The van der Waals surface area contributed by atoms with E-state index in [2.05, 4.69) is 0 Å². The molecule has 0 unspecified atom stereocenters. The molecule has 2 aromatic rings. The topological polar surface area (TPSA) is 43.4 Å². The van der Waals surface area contributed by atoms with E-state index in [0.29, 0.717) is 0 Å². The molecule has 0 aliphatic heterocycles. The van der Waals surface area contributed by atoms with Gasteiger partial charge in [0.05, 0.1) is 4.90 Å². The van der Waals surface area contributed by atoms with Gasteiger partial charge in [0.25, 0.3) is 0 Å². The summed E-state index contributed by atoms with van der Waals surface area (Å²) in [5.41, 5.74) is 2.15. The first-order chi connectivity index (χ1) is 9.71. The van der Waals surface area contributed by atoms with Crippen LogP contribution in [-0.2, 0) is 13.7 Å². The molecule has 0 N–H and O–H groups in total. The first-order valence-electron chi connectivity index (χ1n) is 6.53. The van der Waals surface area contributed by atoms with Crippen molar-refractivity contribution >= 4 is 20.4 Å². The summed E-state index contributed by atoms with van der Waals surface area (Å²) in [7, 11) is -5.64. The molecule has 3 nitrogen and oxygen atoms in total. The highest BCUT2D eigenvalue weighted by molar-refractivity contribution is 8.32. The van der Waals surface area contributed by atoms with Gasteiger partial charge in [0.2, 0.25) is 0 Å². The highest BCUT2D eigenvalue weighted by Crippen LogP contribution is 2.52. The predicted octanol–water partition coefficient (Wildman–Crippen LogP) is 4.05. The maximum atomic E-state index is 12.4. The van der Waals surface area contributed by atoms with E-state index in [1.807, 2.05) is 50.6 Å². The largest absolute Gasteiger partial charge is 0.306 e. The Balaban J connectivity index is 2.30. The average molecular weight is 324 g/mol. The van der Waals surface area contributed by atoms with Crippen molar-refractivity contribution in [2.45, 2.75) is 23.6 Å². The third-order valence-corrected chi connectivity index (χ3v) is 7.49. The number of benzene rings is 2. The Morgan fingerprint density at radius 2 is 1.10 bits per heavy atom. The molecule has 0 saturated carbocycles. The Morgan fingerprint density at radius 1 is 0.714 bits per heavy atom. The van der Waals surface area contributed by atoms with Gasteiger partial charge < -0.3 is 0 Å². The van der Waals surface area contributed by atoms with Crippen LogP contribution >= 0.6 is 10.3 Å². The van der Waals surface area contributed by atoms with Gasteiger partial charge in [0.15, 0.2) is 0 Å². The lowest BCUT2D eigenvalue weighted by Crippen LogP contribution is -2.11. The second-order valence-electron chi connectivity index (χ2n) is 5.38. The van der Waals surface area contributed by atoms with Crippen LogP contribution in [0.4, 0.5) is 0 Å². The molecule has 0 radical (unpaired) electrons. The molecule has 0 saturated heterocycles. The molecule has 0 amide bonds. The molecule has 0 fully saturated rings. The van der Waals surface area contributed by atoms with E-state index in [0.717, 1.165) is 16.0 Å². The Hall–Kier alpha value is -1.30. The van der Waals surface area contributed by atoms with Crippen molar-refractivity contribution in [3.8, 4) is 0 Å². The zero-order valence-corrected chi connectivity index (χ0v) is 14.3. The average Bonchev–Trinajstić information content (AvgIpc) is 2.38. The summed E-state index contributed by atoms with van der Waals surface area (Å²) in [4.78, 5) is 1.10. The maximum Gasteiger partial charge on any atom is 0.306 e. The van der Waals surface area contributed by atoms with Gasteiger partial charge in [-0.3, -0.25) is 0 Å². The summed E-state index contributed by atoms with van der Waals surface area (Å²) >= 11 is 0. The molecule has 0 spiro atoms. The van der Waals surface area contributed by atoms with E-state index < -0.39 is 20.4 Å². The molecular weight excluding hydrogens is 304 g/mol. The van der Waals surface area contributed by atoms with Crippen LogP contribution in [0.1, 0.15) is 11.1 Å². The predicted molar refractivity (Wildman–Crippen MR) is 88.3 cm³/mol. The molecule has 0 atom stereocenters. The number of aryl methyl sites for hydroxylation is 2. The van der Waals surface area contributed by atoms with Crippen molar-refractivity contribution in [2.75, 3.05) is 12.5 Å². The first-order valence-corrected chi connectivity index (χ1v) is 10.3. The van der Waals surface area contributed by atoms with Crippen LogP contribution < -0.4 is 0 Å². The summed E-state index contributed by atoms with van der Waals surface area (Å²) in [6, 6.07) is 14.5. The maximum absolute atomic E-state index is 12.4. The quantitative estimate of drug-likeness (QED) is 0.852. The fourth-order valence-corrected chi connectivity index (χ4v) is 5.55. The summed E-state index contributed by atoms with van der Waals surface area (Å²) in [6.45, 7) is 3.91. The van der Waals surface area contributed by atoms with Crippen LogP contribution in [0, 0.1) is 13.8 Å². The smallest absolute Gasteiger partial charge is 0.212 e. The van der Waals surface area contributed by atoms with E-state index in [-0.39, 0.29) is 4.90 Å². The molecule has 2 aromatic carbocycles. The minimum atomic E-state index is -3.76. The van der Waals surface area contributed by atoms with Crippen LogP contribution in [0.25, 0.3) is 0 Å². The van der Waals surface area contributed by atoms with E-state index in [1.165, 1.54) is 0 Å². The van der Waals surface area contributed by atoms with Gasteiger partial charge in [-0.1, -0.05) is 45.7 Å². The van der Waals surface area contributed by atoms with E-state index in [1.54, 1.807) is 24.3 Å². The summed E-state index contributed by atoms with van der Waals surface area (Å²) in [6.07, 6.45) is 3.67. The Morgan fingerprint density at radius 3 is 1.52 bits per heavy atom. The highest BCUT2D eigenvalue weighted by atomic mass is 32.3. The Kier molecular flexibility index (Phi) is 4.46. The van der Waals surface area contributed by atoms with Crippen LogP contribution in [0.15, 0.2) is 58.3 Å². The molecule has 114 valence electrons. The third kappa shape index (κ3) is 3.87. The highest BCUT2D eigenvalue weighted by Gasteiger charge is 2.26. The SMILES string of the molecule is Cc1ccc(S(C)(C)OS(=O)(=O)c2ccc(C)cc2)cc1. The molecular formula is C16H20O3S2. The minimum absolute atomic E-state index is 0.195. The zero-order chi connectivity index (χ0) is 15.7. The van der Waals surface area contributed by atoms with Gasteiger partial charge in [0.1, 0.15) is 0 Å². The van der Waals surface area contributed by atoms with Crippen molar-refractivity contribution < 1.29 is 12.0 Å². The van der Waals surface area contributed by atoms with Crippen LogP contribution in [0.5, 0.6) is 0 Å². The molecule has 5 heteroatoms. The van der Waals surface area contributed by atoms with Crippen molar-refractivity contribution in [1.29, 1.82) is 0 Å². The van der Waals surface area contributed by atoms with E-state index >= 15 is 0 Å². The second kappa shape index (κ2) is 5.83. The Bertz CT molecular complexity index is 715. The summed E-state index contributed by atoms with van der Waals surface area (Å²) in [5.74, 6) is 0. The molecule has 2 rings (SSSR count). The minimum Gasteiger partial charge on any atom is -0.212 e. The van der Waals surface area contributed by atoms with E-state index in [4.69, 9.17) is 3.63 Å². The summed E-state index contributed by atoms with van der Waals surface area (Å²) < 4.78 is 30.3. The van der Waals surface area contributed by atoms with E-state index in [9.17, 15) is 8.42 Å². The van der Waals surface area contributed by atoms with Crippen LogP contribution in [0.2, 0.25) is 0 Å². The molecule has 21 heavy (non-hydrogen) atoms. The summed E-state index contributed by atoms with van der Waals surface area (Å²) in [5, 5.41) is 0. The van der Waals surface area contributed by atoms with Crippen molar-refractivity contribution in [3.63, 3.8) is 0 Å². The standard InChI is InChI=1S/C16H20O3S2/c1-13-5-9-15(10-6-13)20(3,4)19-21(17,18)16-11-7-14(2)8-12-16/h5-12H,1-4H3. The fourth-order valence-electron chi connectivity index (χ4n) is 1.87. The third-order valence-electron chi connectivity index (χ3n) is 3.16. The van der Waals surface area contributed by atoms with Gasteiger partial charge in [-0.2, -0.15) is 8.42 Å². The van der Waals surface area contributed by atoms with Crippen molar-refractivity contribution in [3.05, 3.63) is 59.7 Å². The van der Waals surface area contributed by atoms with Gasteiger partial charge >= 0.3 is 10.1 Å². The Labute approximate surface area is 128 Å². The molecule has 0 aromatic heterocycles. The van der Waals surface area contributed by atoms with Crippen molar-refractivity contribution in [2.24, 2.45) is 0 Å². The number of hydrogen-bond acceptors (Lipinski definition) is 3. The van der Waals surface area contributed by atoms with Crippen LogP contribution in [0.3, 0.4) is 0 Å². The lowest BCUT2D eigenvalue weighted by Gasteiger charge is -2.30. The van der Waals surface area contributed by atoms with Gasteiger partial charge in [-0.05, 0) is 50.6 Å². The normalized spacial score (nSPS) is 13.1. The number of hydrogen-bond donors (Lipinski definition) is 0. The van der Waals surface area contributed by atoms with Crippen molar-refractivity contribution in [1.82, 2.24) is 0 Å². The van der Waals surface area contributed by atoms with Crippen LogP contribution in [-0.4, -0.2) is 20.9 Å². The first kappa shape index (κ1) is 16.1. The monoisotopic (exact) mass is 324 g/mol. The molecule has 0 aliphatic carbocycles. The molecule has 0 bridgehead atoms. The molecule has 0 aliphatic rings. The zero-order valence-electron chi connectivity index (χ0n) is 12.7. The van der Waals surface area contributed by atoms with Gasteiger partial charge in [0, 0.05) is 4.90 Å². The van der Waals surface area contributed by atoms with Gasteiger partial charge in [-0.25, -0.2) is 3.63 Å².